The van der Waals surface area contributed by atoms with Gasteiger partial charge in [0, 0.05) is 17.8 Å². The molecule has 20 heavy (non-hydrogen) atoms. The zero-order chi connectivity index (χ0) is 14.4. The van der Waals surface area contributed by atoms with Gasteiger partial charge in [-0.1, -0.05) is 24.7 Å². The fraction of sp³-hybridized carbons (Fsp3) is 0.500. The largest absolute Gasteiger partial charge is 0.384 e. The summed E-state index contributed by atoms with van der Waals surface area (Å²) in [5, 5.41) is 11.6. The number of aliphatic hydroxyl groups is 1. The van der Waals surface area contributed by atoms with Gasteiger partial charge < -0.3 is 10.4 Å². The Labute approximate surface area is 119 Å². The van der Waals surface area contributed by atoms with Crippen LogP contribution in [-0.2, 0) is 0 Å². The van der Waals surface area contributed by atoms with E-state index in [-0.39, 0.29) is 18.6 Å². The van der Waals surface area contributed by atoms with Crippen molar-refractivity contribution in [1.82, 2.24) is 10.3 Å². The van der Waals surface area contributed by atoms with Crippen LogP contribution in [0.4, 0.5) is 0 Å². The van der Waals surface area contributed by atoms with Crippen LogP contribution in [0.2, 0.25) is 0 Å². The summed E-state index contributed by atoms with van der Waals surface area (Å²) in [6, 6.07) is 3.60. The highest BCUT2D eigenvalue weighted by molar-refractivity contribution is 5.92. The van der Waals surface area contributed by atoms with Crippen molar-refractivity contribution in [2.45, 2.75) is 38.6 Å². The van der Waals surface area contributed by atoms with Crippen molar-refractivity contribution in [3.63, 3.8) is 0 Å². The number of pyridine rings is 1. The molecule has 1 atom stereocenters. The third-order valence-corrected chi connectivity index (χ3v) is 3.77. The quantitative estimate of drug-likeness (QED) is 0.824. The van der Waals surface area contributed by atoms with Gasteiger partial charge in [0.2, 0.25) is 0 Å². The van der Waals surface area contributed by atoms with Gasteiger partial charge in [0.05, 0.1) is 0 Å². The van der Waals surface area contributed by atoms with Crippen molar-refractivity contribution in [3.8, 4) is 11.8 Å². The summed E-state index contributed by atoms with van der Waals surface area (Å²) in [5.41, 5.74) is 1.10. The standard InChI is InChI=1S/C16H20N2O2/c1-12(14-6-2-3-7-14)18-16(20)15-9-8-13(11-17-15)5-4-10-19/h8-9,11-12,14,19H,2-3,6-7,10H2,1H3,(H,18,20). The molecule has 106 valence electrons. The summed E-state index contributed by atoms with van der Waals surface area (Å²) in [4.78, 5) is 16.2. The van der Waals surface area contributed by atoms with Gasteiger partial charge in [0.1, 0.15) is 12.3 Å². The van der Waals surface area contributed by atoms with Crippen LogP contribution in [0.1, 0.15) is 48.7 Å². The molecule has 0 radical (unpaired) electrons. The van der Waals surface area contributed by atoms with Gasteiger partial charge in [-0.3, -0.25) is 4.79 Å². The van der Waals surface area contributed by atoms with E-state index in [1.54, 1.807) is 18.3 Å². The molecular weight excluding hydrogens is 252 g/mol. The number of aliphatic hydroxyl groups excluding tert-OH is 1. The first-order valence-corrected chi connectivity index (χ1v) is 7.07. The Hall–Kier alpha value is -1.86. The van der Waals surface area contributed by atoms with E-state index in [1.165, 1.54) is 25.7 Å². The third-order valence-electron chi connectivity index (χ3n) is 3.77. The van der Waals surface area contributed by atoms with Crippen LogP contribution >= 0.6 is 0 Å². The van der Waals surface area contributed by atoms with Crippen molar-refractivity contribution in [2.75, 3.05) is 6.61 Å². The van der Waals surface area contributed by atoms with Crippen LogP contribution in [0.3, 0.4) is 0 Å². The Morgan fingerprint density at radius 1 is 1.50 bits per heavy atom. The lowest BCUT2D eigenvalue weighted by molar-refractivity contribution is 0.0922. The Morgan fingerprint density at radius 3 is 2.85 bits per heavy atom. The van der Waals surface area contributed by atoms with Crippen LogP contribution in [0.5, 0.6) is 0 Å². The van der Waals surface area contributed by atoms with E-state index in [4.69, 9.17) is 5.11 Å². The van der Waals surface area contributed by atoms with Crippen LogP contribution in [0, 0.1) is 17.8 Å². The minimum atomic E-state index is -0.179. The van der Waals surface area contributed by atoms with Crippen molar-refractivity contribution in [3.05, 3.63) is 29.6 Å². The average molecular weight is 272 g/mol. The maximum absolute atomic E-state index is 12.1. The highest BCUT2D eigenvalue weighted by Crippen LogP contribution is 2.27. The van der Waals surface area contributed by atoms with Crippen molar-refractivity contribution in [1.29, 1.82) is 0 Å². The first-order chi connectivity index (χ1) is 9.70. The molecule has 1 fully saturated rings. The molecule has 0 spiro atoms. The van der Waals surface area contributed by atoms with Gasteiger partial charge in [-0.2, -0.15) is 0 Å². The maximum Gasteiger partial charge on any atom is 0.270 e. The lowest BCUT2D eigenvalue weighted by atomic mass is 10.00. The van der Waals surface area contributed by atoms with E-state index in [1.807, 2.05) is 0 Å². The summed E-state index contributed by atoms with van der Waals surface area (Å²) in [6.45, 7) is 1.89. The Kier molecular flexibility index (Phi) is 5.14. The van der Waals surface area contributed by atoms with E-state index < -0.39 is 0 Å². The summed E-state index contributed by atoms with van der Waals surface area (Å²) in [5.74, 6) is 5.76. The number of hydrogen-bond acceptors (Lipinski definition) is 3. The number of nitrogens with zero attached hydrogens (tertiary/aromatic N) is 1. The van der Waals surface area contributed by atoms with Gasteiger partial charge in [0.15, 0.2) is 0 Å². The van der Waals surface area contributed by atoms with Gasteiger partial charge in [-0.05, 0) is 37.8 Å². The maximum atomic E-state index is 12.1. The number of hydrogen-bond donors (Lipinski definition) is 2. The molecule has 4 nitrogen and oxygen atoms in total. The van der Waals surface area contributed by atoms with Crippen molar-refractivity contribution < 1.29 is 9.90 Å². The molecule has 1 aromatic heterocycles. The molecule has 1 aliphatic rings. The second-order valence-electron chi connectivity index (χ2n) is 5.20. The molecule has 2 rings (SSSR count). The lowest BCUT2D eigenvalue weighted by Crippen LogP contribution is -2.37. The third kappa shape index (κ3) is 3.82. The molecule has 0 saturated heterocycles. The smallest absolute Gasteiger partial charge is 0.270 e. The topological polar surface area (TPSA) is 62.2 Å². The molecule has 0 aromatic carbocycles. The van der Waals surface area contributed by atoms with E-state index in [9.17, 15) is 4.79 Å². The normalized spacial score (nSPS) is 16.3. The summed E-state index contributed by atoms with van der Waals surface area (Å²) in [6.07, 6.45) is 6.48. The van der Waals surface area contributed by atoms with E-state index >= 15 is 0 Å². The van der Waals surface area contributed by atoms with Crippen LogP contribution in [0.25, 0.3) is 0 Å². The molecule has 4 heteroatoms. The number of rotatable bonds is 3. The number of carbonyl (C=O) groups is 1. The first kappa shape index (κ1) is 14.5. The molecule has 1 amide bonds. The highest BCUT2D eigenvalue weighted by Gasteiger charge is 2.23. The van der Waals surface area contributed by atoms with E-state index in [0.29, 0.717) is 17.2 Å². The average Bonchev–Trinajstić information content (AvgIpc) is 3.00. The van der Waals surface area contributed by atoms with E-state index in [0.717, 1.165) is 0 Å². The second kappa shape index (κ2) is 7.06. The van der Waals surface area contributed by atoms with E-state index in [2.05, 4.69) is 29.1 Å². The summed E-state index contributed by atoms with van der Waals surface area (Å²) >= 11 is 0. The molecular formula is C16H20N2O2. The van der Waals surface area contributed by atoms with Crippen LogP contribution in [0.15, 0.2) is 18.3 Å². The number of carbonyl (C=O) groups excluding carboxylic acids is 1. The van der Waals surface area contributed by atoms with Gasteiger partial charge >= 0.3 is 0 Å². The SMILES string of the molecule is CC(NC(=O)c1ccc(C#CCO)cn1)C1CCCC1. The summed E-state index contributed by atoms with van der Waals surface area (Å²) < 4.78 is 0. The van der Waals surface area contributed by atoms with Crippen molar-refractivity contribution >= 4 is 5.91 Å². The fourth-order valence-electron chi connectivity index (χ4n) is 2.60. The first-order valence-electron chi connectivity index (χ1n) is 7.07. The molecule has 1 aromatic rings. The highest BCUT2D eigenvalue weighted by atomic mass is 16.2. The monoisotopic (exact) mass is 272 g/mol. The predicted octanol–water partition coefficient (Wildman–Crippen LogP) is 1.73. The molecule has 0 bridgehead atoms. The van der Waals surface area contributed by atoms with Crippen molar-refractivity contribution in [2.24, 2.45) is 5.92 Å². The summed E-state index contributed by atoms with van der Waals surface area (Å²) in [7, 11) is 0. The van der Waals surface area contributed by atoms with Gasteiger partial charge in [0.25, 0.3) is 5.91 Å². The minimum absolute atomic E-state index is 0.133. The number of nitrogens with one attached hydrogen (secondary N) is 1. The number of amides is 1. The second-order valence-corrected chi connectivity index (χ2v) is 5.20. The van der Waals surface area contributed by atoms with Gasteiger partial charge in [-0.25, -0.2) is 4.98 Å². The lowest BCUT2D eigenvalue weighted by Gasteiger charge is -2.20. The molecule has 1 saturated carbocycles. The minimum Gasteiger partial charge on any atom is -0.384 e. The zero-order valence-corrected chi connectivity index (χ0v) is 11.7. The Morgan fingerprint density at radius 2 is 2.25 bits per heavy atom. The molecule has 1 unspecified atom stereocenters. The molecule has 1 heterocycles. The predicted molar refractivity (Wildman–Crippen MR) is 77.1 cm³/mol. The number of aromatic nitrogens is 1. The molecule has 1 aliphatic carbocycles. The van der Waals surface area contributed by atoms with Gasteiger partial charge in [-0.15, -0.1) is 0 Å². The Bertz CT molecular complexity index is 508. The van der Waals surface area contributed by atoms with Crippen LogP contribution in [-0.4, -0.2) is 28.6 Å². The fourth-order valence-corrected chi connectivity index (χ4v) is 2.60. The Balaban J connectivity index is 1.94. The zero-order valence-electron chi connectivity index (χ0n) is 11.7. The molecule has 0 aliphatic heterocycles. The molecule has 2 N–H and O–H groups in total. The van der Waals surface area contributed by atoms with Crippen LogP contribution < -0.4 is 5.32 Å².